The minimum Gasteiger partial charge on any atom is -0.192 e. The summed E-state index contributed by atoms with van der Waals surface area (Å²) in [6.45, 7) is 3.81. The second-order valence-electron chi connectivity index (χ2n) is 3.52. The highest BCUT2D eigenvalue weighted by Crippen LogP contribution is 2.28. The van der Waals surface area contributed by atoms with E-state index in [2.05, 4.69) is 12.0 Å². The van der Waals surface area contributed by atoms with E-state index in [0.717, 1.165) is 16.7 Å². The van der Waals surface area contributed by atoms with Crippen LogP contribution in [-0.4, -0.2) is 0 Å². The normalized spacial score (nSPS) is 11.8. The van der Waals surface area contributed by atoms with Crippen molar-refractivity contribution < 1.29 is 0 Å². The zero-order valence-electron chi connectivity index (χ0n) is 9.79. The molecule has 0 unspecified atom stereocenters. The van der Waals surface area contributed by atoms with Crippen molar-refractivity contribution in [2.75, 3.05) is 0 Å². The summed E-state index contributed by atoms with van der Waals surface area (Å²) in [6, 6.07) is 7.83. The molecular formula is C15H12ClN. The molecule has 0 spiro atoms. The predicted molar refractivity (Wildman–Crippen MR) is 72.3 cm³/mol. The number of halogens is 1. The van der Waals surface area contributed by atoms with Gasteiger partial charge in [-0.1, -0.05) is 35.7 Å². The topological polar surface area (TPSA) is 23.8 Å². The summed E-state index contributed by atoms with van der Waals surface area (Å²) < 4.78 is 0. The van der Waals surface area contributed by atoms with Crippen molar-refractivity contribution in [3.8, 4) is 18.4 Å². The summed E-state index contributed by atoms with van der Waals surface area (Å²) in [6.07, 6.45) is 8.52. The molecule has 0 N–H and O–H groups in total. The second-order valence-corrected chi connectivity index (χ2v) is 3.93. The first kappa shape index (κ1) is 13.1. The van der Waals surface area contributed by atoms with E-state index < -0.39 is 0 Å². The molecule has 0 saturated carbocycles. The van der Waals surface area contributed by atoms with Gasteiger partial charge in [0, 0.05) is 11.6 Å². The summed E-state index contributed by atoms with van der Waals surface area (Å²) in [7, 11) is 0. The van der Waals surface area contributed by atoms with Gasteiger partial charge in [0.05, 0.1) is 16.7 Å². The Morgan fingerprint density at radius 2 is 2.18 bits per heavy atom. The molecule has 0 saturated heterocycles. The number of allylic oxidation sites excluding steroid dienone is 4. The third-order valence-corrected chi connectivity index (χ3v) is 2.65. The fourth-order valence-electron chi connectivity index (χ4n) is 1.56. The number of hydrogen-bond acceptors (Lipinski definition) is 1. The van der Waals surface area contributed by atoms with Crippen LogP contribution in [0.1, 0.15) is 23.6 Å². The third kappa shape index (κ3) is 3.00. The summed E-state index contributed by atoms with van der Waals surface area (Å²) in [5.74, 6) is 2.38. The van der Waals surface area contributed by atoms with Crippen LogP contribution >= 0.6 is 11.6 Å². The van der Waals surface area contributed by atoms with Gasteiger partial charge in [-0.25, -0.2) is 0 Å². The average Bonchev–Trinajstić information content (AvgIpc) is 2.32. The average molecular weight is 242 g/mol. The molecule has 0 amide bonds. The molecule has 0 atom stereocenters. The molecule has 0 aliphatic carbocycles. The van der Waals surface area contributed by atoms with Crippen LogP contribution in [-0.2, 0) is 0 Å². The van der Waals surface area contributed by atoms with Crippen molar-refractivity contribution in [1.29, 1.82) is 5.26 Å². The van der Waals surface area contributed by atoms with E-state index in [4.69, 9.17) is 23.3 Å². The molecule has 0 radical (unpaired) electrons. The van der Waals surface area contributed by atoms with Crippen LogP contribution in [0.5, 0.6) is 0 Å². The van der Waals surface area contributed by atoms with E-state index in [1.807, 2.05) is 38.1 Å². The first-order chi connectivity index (χ1) is 8.13. The van der Waals surface area contributed by atoms with Crippen molar-refractivity contribution >= 4 is 17.2 Å². The first-order valence-corrected chi connectivity index (χ1v) is 5.51. The van der Waals surface area contributed by atoms with E-state index in [-0.39, 0.29) is 0 Å². The van der Waals surface area contributed by atoms with Gasteiger partial charge in [0.1, 0.15) is 0 Å². The second kappa shape index (κ2) is 5.94. The highest BCUT2D eigenvalue weighted by atomic mass is 35.5. The van der Waals surface area contributed by atoms with Gasteiger partial charge in [0.25, 0.3) is 0 Å². The molecule has 0 heterocycles. The number of hydrogen-bond donors (Lipinski definition) is 0. The molecule has 1 aromatic rings. The van der Waals surface area contributed by atoms with Crippen LogP contribution in [0.4, 0.5) is 0 Å². The van der Waals surface area contributed by atoms with Gasteiger partial charge >= 0.3 is 0 Å². The van der Waals surface area contributed by atoms with Crippen LogP contribution in [0, 0.1) is 30.6 Å². The monoisotopic (exact) mass is 241 g/mol. The van der Waals surface area contributed by atoms with E-state index in [1.54, 1.807) is 0 Å². The lowest BCUT2D eigenvalue weighted by molar-refractivity contribution is 1.40. The van der Waals surface area contributed by atoms with Crippen LogP contribution in [0.25, 0.3) is 5.57 Å². The third-order valence-electron chi connectivity index (χ3n) is 2.34. The van der Waals surface area contributed by atoms with Crippen molar-refractivity contribution in [1.82, 2.24) is 0 Å². The molecule has 2 heteroatoms. The number of nitrogens with zero attached hydrogens (tertiary/aromatic N) is 1. The maximum atomic E-state index is 9.12. The lowest BCUT2D eigenvalue weighted by Crippen LogP contribution is -1.91. The predicted octanol–water partition coefficient (Wildman–Crippen LogP) is 4.03. The Morgan fingerprint density at radius 3 is 2.71 bits per heavy atom. The van der Waals surface area contributed by atoms with E-state index in [0.29, 0.717) is 10.6 Å². The van der Waals surface area contributed by atoms with E-state index in [1.165, 1.54) is 6.08 Å². The van der Waals surface area contributed by atoms with Crippen LogP contribution in [0.15, 0.2) is 35.4 Å². The summed E-state index contributed by atoms with van der Waals surface area (Å²) in [5.41, 5.74) is 3.22. The Labute approximate surface area is 107 Å². The van der Waals surface area contributed by atoms with Gasteiger partial charge in [-0.15, -0.1) is 6.42 Å². The zero-order valence-corrected chi connectivity index (χ0v) is 10.5. The fourth-order valence-corrected chi connectivity index (χ4v) is 1.83. The molecule has 0 aliphatic rings. The molecule has 0 fully saturated rings. The van der Waals surface area contributed by atoms with Crippen LogP contribution < -0.4 is 0 Å². The van der Waals surface area contributed by atoms with Crippen LogP contribution in [0.2, 0.25) is 0 Å². The molecule has 1 aromatic carbocycles. The lowest BCUT2D eigenvalue weighted by atomic mass is 9.97. The number of nitriles is 1. The maximum absolute atomic E-state index is 9.12. The van der Waals surface area contributed by atoms with Crippen molar-refractivity contribution in [3.63, 3.8) is 0 Å². The number of benzene rings is 1. The lowest BCUT2D eigenvalue weighted by Gasteiger charge is -2.08. The highest BCUT2D eigenvalue weighted by molar-refractivity contribution is 6.37. The Hall–Kier alpha value is -1.96. The molecule has 1 nitrogen and oxygen atoms in total. The standard InChI is InChI=1S/C15H12ClN/c1-4-6-15(16)13(5-2)14-8-7-11(3)9-12(14)10-17/h1,5-9H,2-3H3/b13-5-,15-6+. The summed E-state index contributed by atoms with van der Waals surface area (Å²) >= 11 is 6.09. The van der Waals surface area contributed by atoms with E-state index in [9.17, 15) is 0 Å². The summed E-state index contributed by atoms with van der Waals surface area (Å²) in [5, 5.41) is 9.59. The molecule has 1 rings (SSSR count). The highest BCUT2D eigenvalue weighted by Gasteiger charge is 2.09. The molecule has 0 aromatic heterocycles. The van der Waals surface area contributed by atoms with Gasteiger partial charge in [-0.2, -0.15) is 5.26 Å². The number of aryl methyl sites for hydroxylation is 1. The van der Waals surface area contributed by atoms with Gasteiger partial charge in [0.2, 0.25) is 0 Å². The van der Waals surface area contributed by atoms with Crippen molar-refractivity contribution in [2.24, 2.45) is 0 Å². The summed E-state index contributed by atoms with van der Waals surface area (Å²) in [4.78, 5) is 0. The number of terminal acetylenes is 1. The minimum absolute atomic E-state index is 0.468. The first-order valence-electron chi connectivity index (χ1n) is 5.13. The molecule has 0 aliphatic heterocycles. The SMILES string of the molecule is C#C/C=C(Cl)\C(=C/C)c1ccc(C)cc1C#N. The van der Waals surface area contributed by atoms with Crippen LogP contribution in [0.3, 0.4) is 0 Å². The quantitative estimate of drug-likeness (QED) is 0.567. The molecule has 17 heavy (non-hydrogen) atoms. The van der Waals surface area contributed by atoms with Crippen molar-refractivity contribution in [2.45, 2.75) is 13.8 Å². The van der Waals surface area contributed by atoms with E-state index >= 15 is 0 Å². The molecule has 84 valence electrons. The zero-order chi connectivity index (χ0) is 12.8. The Kier molecular flexibility index (Phi) is 4.58. The van der Waals surface area contributed by atoms with Gasteiger partial charge in [0.15, 0.2) is 0 Å². The van der Waals surface area contributed by atoms with Gasteiger partial charge < -0.3 is 0 Å². The maximum Gasteiger partial charge on any atom is 0.0998 e. The van der Waals surface area contributed by atoms with Gasteiger partial charge in [-0.05, 0) is 31.1 Å². The minimum atomic E-state index is 0.468. The molecular weight excluding hydrogens is 230 g/mol. The van der Waals surface area contributed by atoms with Crippen molar-refractivity contribution in [3.05, 3.63) is 52.1 Å². The Morgan fingerprint density at radius 1 is 1.47 bits per heavy atom. The largest absolute Gasteiger partial charge is 0.192 e. The smallest absolute Gasteiger partial charge is 0.0998 e. The van der Waals surface area contributed by atoms with Gasteiger partial charge in [-0.3, -0.25) is 0 Å². The Bertz CT molecular complexity index is 566. The number of rotatable bonds is 2. The molecule has 0 bridgehead atoms. The fraction of sp³-hybridized carbons (Fsp3) is 0.133. The Balaban J connectivity index is 3.39.